The topological polar surface area (TPSA) is 53.3 Å². The number of allylic oxidation sites excluding steroid dienone is 1. The van der Waals surface area contributed by atoms with Crippen molar-refractivity contribution in [2.24, 2.45) is 5.41 Å². The van der Waals surface area contributed by atoms with Gasteiger partial charge in [0, 0.05) is 12.6 Å². The van der Waals surface area contributed by atoms with Crippen LogP contribution in [-0.4, -0.2) is 17.6 Å². The van der Waals surface area contributed by atoms with Crippen LogP contribution in [0.2, 0.25) is 0 Å². The van der Waals surface area contributed by atoms with E-state index in [-0.39, 0.29) is 12.0 Å². The summed E-state index contributed by atoms with van der Waals surface area (Å²) in [6.07, 6.45) is 3.06. The van der Waals surface area contributed by atoms with Crippen LogP contribution in [0.5, 0.6) is 0 Å². The summed E-state index contributed by atoms with van der Waals surface area (Å²) in [6.45, 7) is 6.14. The SMILES string of the molecule is CC(C)(C)C(=O)ON1CCC(=CC#N)CC1c1ccccc1. The van der Waals surface area contributed by atoms with Crippen LogP contribution in [-0.2, 0) is 9.63 Å². The maximum absolute atomic E-state index is 12.2. The number of hydrogen-bond acceptors (Lipinski definition) is 4. The van der Waals surface area contributed by atoms with Gasteiger partial charge in [-0.15, -0.1) is 5.06 Å². The Hall–Kier alpha value is -2.12. The lowest BCUT2D eigenvalue weighted by atomic mass is 9.92. The van der Waals surface area contributed by atoms with Crippen LogP contribution < -0.4 is 0 Å². The highest BCUT2D eigenvalue weighted by molar-refractivity contribution is 5.75. The van der Waals surface area contributed by atoms with Crippen molar-refractivity contribution in [3.63, 3.8) is 0 Å². The minimum Gasteiger partial charge on any atom is -0.367 e. The van der Waals surface area contributed by atoms with Crippen LogP contribution in [0.3, 0.4) is 0 Å². The Morgan fingerprint density at radius 3 is 2.64 bits per heavy atom. The van der Waals surface area contributed by atoms with Gasteiger partial charge in [0.2, 0.25) is 0 Å². The molecule has 0 saturated carbocycles. The molecule has 2 rings (SSSR count). The highest BCUT2D eigenvalue weighted by Gasteiger charge is 2.33. The van der Waals surface area contributed by atoms with E-state index >= 15 is 0 Å². The molecule has 116 valence electrons. The normalized spacial score (nSPS) is 21.4. The summed E-state index contributed by atoms with van der Waals surface area (Å²) in [4.78, 5) is 17.8. The molecule has 1 atom stereocenters. The molecule has 0 spiro atoms. The molecule has 1 aliphatic rings. The van der Waals surface area contributed by atoms with E-state index in [2.05, 4.69) is 6.07 Å². The maximum atomic E-state index is 12.2. The van der Waals surface area contributed by atoms with Crippen molar-refractivity contribution in [3.8, 4) is 6.07 Å². The van der Waals surface area contributed by atoms with Crippen molar-refractivity contribution in [2.45, 2.75) is 39.7 Å². The molecule has 1 unspecified atom stereocenters. The van der Waals surface area contributed by atoms with Crippen LogP contribution >= 0.6 is 0 Å². The van der Waals surface area contributed by atoms with Gasteiger partial charge >= 0.3 is 5.97 Å². The number of benzene rings is 1. The molecular weight excluding hydrogens is 276 g/mol. The first-order chi connectivity index (χ1) is 10.4. The molecule has 4 heteroatoms. The lowest BCUT2D eigenvalue weighted by molar-refractivity contribution is -0.215. The molecule has 0 radical (unpaired) electrons. The Balaban J connectivity index is 2.22. The highest BCUT2D eigenvalue weighted by atomic mass is 16.7. The molecule has 1 aliphatic heterocycles. The van der Waals surface area contributed by atoms with Gasteiger partial charge in [-0.2, -0.15) is 5.26 Å². The fraction of sp³-hybridized carbons (Fsp3) is 0.444. The summed E-state index contributed by atoms with van der Waals surface area (Å²) in [5.74, 6) is -0.235. The standard InChI is InChI=1S/C18H22N2O2/c1-18(2,3)17(21)22-20-12-10-14(9-11-19)13-16(20)15-7-5-4-6-8-15/h4-9,16H,10,12-13H2,1-3H3. The fourth-order valence-corrected chi connectivity index (χ4v) is 2.40. The van der Waals surface area contributed by atoms with Gasteiger partial charge < -0.3 is 4.84 Å². The summed E-state index contributed by atoms with van der Waals surface area (Å²) in [5, 5.41) is 10.6. The minimum absolute atomic E-state index is 0.0409. The number of hydrogen-bond donors (Lipinski definition) is 0. The van der Waals surface area contributed by atoms with E-state index in [1.807, 2.05) is 51.1 Å². The molecule has 1 aromatic carbocycles. The molecule has 0 aliphatic carbocycles. The van der Waals surface area contributed by atoms with E-state index in [1.54, 1.807) is 11.1 Å². The van der Waals surface area contributed by atoms with E-state index in [0.717, 1.165) is 17.6 Å². The van der Waals surface area contributed by atoms with Gasteiger partial charge in [0.25, 0.3) is 0 Å². The second kappa shape index (κ2) is 6.76. The molecule has 0 aromatic heterocycles. The molecule has 1 heterocycles. The Morgan fingerprint density at radius 2 is 2.05 bits per heavy atom. The minimum atomic E-state index is -0.538. The number of rotatable bonds is 2. The van der Waals surface area contributed by atoms with Crippen LogP contribution in [0.25, 0.3) is 0 Å². The number of carbonyl (C=O) groups excluding carboxylic acids is 1. The van der Waals surface area contributed by atoms with Crippen LogP contribution in [0.15, 0.2) is 42.0 Å². The third kappa shape index (κ3) is 3.96. The van der Waals surface area contributed by atoms with Gasteiger partial charge in [-0.25, -0.2) is 4.79 Å². The third-order valence-electron chi connectivity index (χ3n) is 3.72. The van der Waals surface area contributed by atoms with Gasteiger partial charge in [-0.3, -0.25) is 0 Å². The van der Waals surface area contributed by atoms with Crippen molar-refractivity contribution in [1.29, 1.82) is 5.26 Å². The zero-order chi connectivity index (χ0) is 16.2. The summed E-state index contributed by atoms with van der Waals surface area (Å²) < 4.78 is 0. The average Bonchev–Trinajstić information content (AvgIpc) is 2.49. The van der Waals surface area contributed by atoms with E-state index in [1.165, 1.54) is 0 Å². The largest absolute Gasteiger partial charge is 0.367 e. The molecule has 22 heavy (non-hydrogen) atoms. The Morgan fingerprint density at radius 1 is 1.36 bits per heavy atom. The number of piperidine rings is 1. The zero-order valence-electron chi connectivity index (χ0n) is 13.4. The van der Waals surface area contributed by atoms with Gasteiger partial charge in [0.15, 0.2) is 0 Å². The first-order valence-corrected chi connectivity index (χ1v) is 7.53. The number of nitriles is 1. The van der Waals surface area contributed by atoms with Gasteiger partial charge in [-0.1, -0.05) is 35.9 Å². The summed E-state index contributed by atoms with van der Waals surface area (Å²) in [6, 6.07) is 12.0. The zero-order valence-corrected chi connectivity index (χ0v) is 13.4. The Labute approximate surface area is 131 Å². The van der Waals surface area contributed by atoms with E-state index < -0.39 is 5.41 Å². The first-order valence-electron chi connectivity index (χ1n) is 7.53. The van der Waals surface area contributed by atoms with Crippen molar-refractivity contribution in [3.05, 3.63) is 47.5 Å². The van der Waals surface area contributed by atoms with Crippen molar-refractivity contribution in [1.82, 2.24) is 5.06 Å². The molecule has 1 fully saturated rings. The van der Waals surface area contributed by atoms with Crippen LogP contribution in [0.4, 0.5) is 0 Å². The van der Waals surface area contributed by atoms with Crippen molar-refractivity contribution in [2.75, 3.05) is 6.54 Å². The summed E-state index contributed by atoms with van der Waals surface area (Å²) >= 11 is 0. The molecule has 4 nitrogen and oxygen atoms in total. The lowest BCUT2D eigenvalue weighted by Gasteiger charge is -2.36. The number of carbonyl (C=O) groups is 1. The molecule has 0 N–H and O–H groups in total. The molecule has 0 bridgehead atoms. The summed E-state index contributed by atoms with van der Waals surface area (Å²) in [7, 11) is 0. The average molecular weight is 298 g/mol. The molecule has 1 saturated heterocycles. The van der Waals surface area contributed by atoms with Crippen LogP contribution in [0, 0.1) is 16.7 Å². The van der Waals surface area contributed by atoms with Crippen molar-refractivity contribution < 1.29 is 9.63 Å². The van der Waals surface area contributed by atoms with E-state index in [9.17, 15) is 4.79 Å². The Bertz CT molecular complexity index is 594. The monoisotopic (exact) mass is 298 g/mol. The highest BCUT2D eigenvalue weighted by Crippen LogP contribution is 2.34. The molecule has 0 amide bonds. The van der Waals surface area contributed by atoms with Crippen LogP contribution in [0.1, 0.15) is 45.2 Å². The van der Waals surface area contributed by atoms with E-state index in [4.69, 9.17) is 10.1 Å². The molecular formula is C18H22N2O2. The number of nitrogens with zero attached hydrogens (tertiary/aromatic N) is 2. The third-order valence-corrected chi connectivity index (χ3v) is 3.72. The predicted molar refractivity (Wildman–Crippen MR) is 84.4 cm³/mol. The van der Waals surface area contributed by atoms with Gasteiger partial charge in [0.1, 0.15) is 0 Å². The molecule has 1 aromatic rings. The predicted octanol–water partition coefficient (Wildman–Crippen LogP) is 3.78. The second-order valence-electron chi connectivity index (χ2n) is 6.58. The quantitative estimate of drug-likeness (QED) is 0.780. The Kier molecular flexibility index (Phi) is 4.99. The van der Waals surface area contributed by atoms with Gasteiger partial charge in [-0.05, 0) is 39.2 Å². The lowest BCUT2D eigenvalue weighted by Crippen LogP contribution is -2.39. The smallest absolute Gasteiger partial charge is 0.330 e. The van der Waals surface area contributed by atoms with E-state index in [0.29, 0.717) is 13.0 Å². The summed E-state index contributed by atoms with van der Waals surface area (Å²) in [5.41, 5.74) is 1.65. The second-order valence-corrected chi connectivity index (χ2v) is 6.58. The fourth-order valence-electron chi connectivity index (χ4n) is 2.40. The number of hydroxylamine groups is 2. The first kappa shape index (κ1) is 16.3. The van der Waals surface area contributed by atoms with Crippen molar-refractivity contribution >= 4 is 5.97 Å². The maximum Gasteiger partial charge on any atom is 0.330 e. The van der Waals surface area contributed by atoms with Gasteiger partial charge in [0.05, 0.1) is 17.5 Å².